The van der Waals surface area contributed by atoms with Crippen molar-refractivity contribution in [3.63, 3.8) is 0 Å². The van der Waals surface area contributed by atoms with E-state index in [0.29, 0.717) is 36.6 Å². The number of halogens is 3. The number of benzene rings is 1. The molecule has 1 N–H and O–H groups in total. The van der Waals surface area contributed by atoms with Gasteiger partial charge in [-0.25, -0.2) is 4.68 Å². The fourth-order valence-corrected chi connectivity index (χ4v) is 5.77. The van der Waals surface area contributed by atoms with E-state index in [9.17, 15) is 10.1 Å². The third kappa shape index (κ3) is 4.67. The highest BCUT2D eigenvalue weighted by Crippen LogP contribution is 2.37. The monoisotopic (exact) mass is 506 g/mol. The number of nitriles is 1. The van der Waals surface area contributed by atoms with Gasteiger partial charge in [0.05, 0.1) is 19.9 Å². The largest absolute Gasteiger partial charge is 0.348 e. The van der Waals surface area contributed by atoms with Crippen LogP contribution in [0.2, 0.25) is 14.4 Å². The lowest BCUT2D eigenvalue weighted by Crippen LogP contribution is -2.39. The molecule has 9 heteroatoms. The van der Waals surface area contributed by atoms with E-state index >= 15 is 0 Å². The van der Waals surface area contributed by atoms with Crippen molar-refractivity contribution >= 4 is 52.0 Å². The van der Waals surface area contributed by atoms with Gasteiger partial charge in [0.1, 0.15) is 17.3 Å². The molecule has 0 spiro atoms. The number of hydrogen-bond donors (Lipinski definition) is 1. The summed E-state index contributed by atoms with van der Waals surface area (Å²) in [6.07, 6.45) is 5.80. The number of rotatable bonds is 5. The van der Waals surface area contributed by atoms with Gasteiger partial charge in [-0.2, -0.15) is 10.4 Å². The van der Waals surface area contributed by atoms with Crippen molar-refractivity contribution in [3.05, 3.63) is 56.0 Å². The Morgan fingerprint density at radius 1 is 1.22 bits per heavy atom. The lowest BCUT2D eigenvalue weighted by Gasteiger charge is -2.28. The van der Waals surface area contributed by atoms with Crippen LogP contribution in [0.4, 0.5) is 0 Å². The van der Waals surface area contributed by atoms with Crippen LogP contribution in [-0.4, -0.2) is 21.7 Å². The lowest BCUT2D eigenvalue weighted by molar-refractivity contribution is 0.0913. The third-order valence-electron chi connectivity index (χ3n) is 5.87. The van der Waals surface area contributed by atoms with Crippen molar-refractivity contribution in [2.75, 3.05) is 0 Å². The summed E-state index contributed by atoms with van der Waals surface area (Å²) in [6, 6.07) is 10.7. The Morgan fingerprint density at radius 2 is 1.97 bits per heavy atom. The van der Waals surface area contributed by atoms with Gasteiger partial charge in [0, 0.05) is 11.1 Å². The van der Waals surface area contributed by atoms with Crippen LogP contribution in [-0.2, 0) is 0 Å². The molecule has 0 radical (unpaired) electrons. The van der Waals surface area contributed by atoms with Gasteiger partial charge < -0.3 is 5.32 Å². The van der Waals surface area contributed by atoms with Crippen LogP contribution in [0.5, 0.6) is 0 Å². The van der Waals surface area contributed by atoms with Gasteiger partial charge in [-0.1, -0.05) is 54.1 Å². The number of amides is 1. The maximum absolute atomic E-state index is 13.2. The average Bonchev–Trinajstić information content (AvgIpc) is 3.37. The molecule has 1 fully saturated rings. The minimum absolute atomic E-state index is 0.00163. The zero-order valence-corrected chi connectivity index (χ0v) is 20.5. The Morgan fingerprint density at radius 3 is 2.59 bits per heavy atom. The van der Waals surface area contributed by atoms with Gasteiger partial charge in [-0.05, 0) is 56.0 Å². The van der Waals surface area contributed by atoms with Crippen LogP contribution >= 0.6 is 46.1 Å². The topological polar surface area (TPSA) is 70.7 Å². The molecule has 5 nitrogen and oxygen atoms in total. The minimum Gasteiger partial charge on any atom is -0.348 e. The standard InChI is InChI=1S/C23H21Cl3N4OS/c1-13(14-5-3-2-4-6-14)28-23(31)21-16(12-27)22(19-9-10-20(26)32-19)30(29-21)18-8-7-15(24)11-17(18)25/h7-11,13-14H,2-6H2,1H3,(H,28,31)/t13-/m1/s1. The second kappa shape index (κ2) is 9.84. The third-order valence-corrected chi connectivity index (χ3v) is 7.65. The normalized spacial score (nSPS) is 15.3. The van der Waals surface area contributed by atoms with E-state index in [-0.39, 0.29) is 23.2 Å². The van der Waals surface area contributed by atoms with Crippen molar-refractivity contribution in [2.24, 2.45) is 5.92 Å². The first-order valence-electron chi connectivity index (χ1n) is 10.4. The van der Waals surface area contributed by atoms with Crippen LogP contribution in [0.1, 0.15) is 55.1 Å². The summed E-state index contributed by atoms with van der Waals surface area (Å²) >= 11 is 20.0. The highest BCUT2D eigenvalue weighted by atomic mass is 35.5. The molecule has 0 bridgehead atoms. The summed E-state index contributed by atoms with van der Waals surface area (Å²) in [6.45, 7) is 2.02. The minimum atomic E-state index is -0.368. The second-order valence-electron chi connectivity index (χ2n) is 7.96. The van der Waals surface area contributed by atoms with Crippen LogP contribution in [0.15, 0.2) is 30.3 Å². The number of hydrogen-bond acceptors (Lipinski definition) is 4. The molecule has 0 unspecified atom stereocenters. The molecule has 1 saturated carbocycles. The first-order chi connectivity index (χ1) is 15.4. The Balaban J connectivity index is 1.78. The molecule has 0 saturated heterocycles. The van der Waals surface area contributed by atoms with Gasteiger partial charge >= 0.3 is 0 Å². The Hall–Kier alpha value is -2.04. The van der Waals surface area contributed by atoms with Crippen molar-refractivity contribution in [1.82, 2.24) is 15.1 Å². The van der Waals surface area contributed by atoms with Gasteiger partial charge in [0.2, 0.25) is 0 Å². The van der Waals surface area contributed by atoms with E-state index in [1.165, 1.54) is 35.3 Å². The maximum Gasteiger partial charge on any atom is 0.273 e. The molecule has 2 heterocycles. The van der Waals surface area contributed by atoms with Crippen molar-refractivity contribution in [1.29, 1.82) is 5.26 Å². The highest BCUT2D eigenvalue weighted by molar-refractivity contribution is 7.19. The van der Waals surface area contributed by atoms with Gasteiger partial charge in [-0.15, -0.1) is 11.3 Å². The molecule has 1 aromatic carbocycles. The van der Waals surface area contributed by atoms with Gasteiger partial charge in [0.25, 0.3) is 5.91 Å². The second-order valence-corrected chi connectivity index (χ2v) is 10.5. The number of nitrogens with zero attached hydrogens (tertiary/aromatic N) is 3. The SMILES string of the molecule is C[C@@H](NC(=O)c1nn(-c2ccc(Cl)cc2Cl)c(-c2ccc(Cl)s2)c1C#N)C1CCCCC1. The van der Waals surface area contributed by atoms with Crippen LogP contribution in [0.25, 0.3) is 16.3 Å². The summed E-state index contributed by atoms with van der Waals surface area (Å²) in [7, 11) is 0. The van der Waals surface area contributed by atoms with E-state index in [1.54, 1.807) is 30.3 Å². The number of carbonyl (C=O) groups excluding carboxylic acids is 1. The summed E-state index contributed by atoms with van der Waals surface area (Å²) in [5.41, 5.74) is 1.25. The fraction of sp³-hybridized carbons (Fsp3) is 0.348. The Kier molecular flexibility index (Phi) is 7.11. The summed E-state index contributed by atoms with van der Waals surface area (Å²) < 4.78 is 2.09. The molecule has 166 valence electrons. The van der Waals surface area contributed by atoms with Gasteiger partial charge in [-0.3, -0.25) is 4.79 Å². The van der Waals surface area contributed by atoms with Crippen molar-refractivity contribution in [3.8, 4) is 22.3 Å². The van der Waals surface area contributed by atoms with E-state index in [1.807, 2.05) is 6.92 Å². The van der Waals surface area contributed by atoms with E-state index in [0.717, 1.165) is 12.8 Å². The first kappa shape index (κ1) is 23.1. The molecule has 2 aromatic heterocycles. The lowest BCUT2D eigenvalue weighted by atomic mass is 9.84. The van der Waals surface area contributed by atoms with Gasteiger partial charge in [0.15, 0.2) is 5.69 Å². The number of nitrogens with one attached hydrogen (secondary N) is 1. The fourth-order valence-electron chi connectivity index (χ4n) is 4.21. The molecular weight excluding hydrogens is 487 g/mol. The molecule has 0 aliphatic heterocycles. The van der Waals surface area contributed by atoms with Crippen molar-refractivity contribution < 1.29 is 4.79 Å². The highest BCUT2D eigenvalue weighted by Gasteiger charge is 2.29. The Labute approximate surface area is 205 Å². The number of carbonyl (C=O) groups is 1. The van der Waals surface area contributed by atoms with Crippen LogP contribution < -0.4 is 5.32 Å². The number of aromatic nitrogens is 2. The first-order valence-corrected chi connectivity index (χ1v) is 12.4. The predicted octanol–water partition coefficient (Wildman–Crippen LogP) is 7.13. The maximum atomic E-state index is 13.2. The molecular formula is C23H21Cl3N4OS. The smallest absolute Gasteiger partial charge is 0.273 e. The quantitative estimate of drug-likeness (QED) is 0.399. The average molecular weight is 508 g/mol. The summed E-state index contributed by atoms with van der Waals surface area (Å²) in [5.74, 6) is 0.0639. The van der Waals surface area contributed by atoms with E-state index in [4.69, 9.17) is 34.8 Å². The van der Waals surface area contributed by atoms with Crippen molar-refractivity contribution in [2.45, 2.75) is 45.1 Å². The predicted molar refractivity (Wildman–Crippen MR) is 130 cm³/mol. The molecule has 32 heavy (non-hydrogen) atoms. The van der Waals surface area contributed by atoms with E-state index < -0.39 is 0 Å². The number of thiophene rings is 1. The molecule has 1 aliphatic rings. The van der Waals surface area contributed by atoms with Crippen LogP contribution in [0.3, 0.4) is 0 Å². The van der Waals surface area contributed by atoms with E-state index in [2.05, 4.69) is 16.5 Å². The summed E-state index contributed by atoms with van der Waals surface area (Å²) in [4.78, 5) is 13.9. The molecule has 4 rings (SSSR count). The van der Waals surface area contributed by atoms with Crippen LogP contribution in [0, 0.1) is 17.2 Å². The summed E-state index contributed by atoms with van der Waals surface area (Å²) in [5, 5.41) is 18.5. The molecule has 1 amide bonds. The zero-order valence-electron chi connectivity index (χ0n) is 17.4. The molecule has 1 atom stereocenters. The zero-order chi connectivity index (χ0) is 22.8. The molecule has 3 aromatic rings. The molecule has 1 aliphatic carbocycles. The Bertz CT molecular complexity index is 1190.